The summed E-state index contributed by atoms with van der Waals surface area (Å²) in [6.45, 7) is 1.51. The molecule has 2 aromatic rings. The summed E-state index contributed by atoms with van der Waals surface area (Å²) >= 11 is 1.47. The summed E-state index contributed by atoms with van der Waals surface area (Å²) in [5, 5.41) is 18.1. The monoisotopic (exact) mass is 224 g/mol. The molecule has 6 heteroatoms. The molecule has 78 valence electrons. The van der Waals surface area contributed by atoms with E-state index in [9.17, 15) is 4.79 Å². The lowest BCUT2D eigenvalue weighted by Gasteiger charge is -1.97. The lowest BCUT2D eigenvalue weighted by atomic mass is 10.2. The summed E-state index contributed by atoms with van der Waals surface area (Å²) in [7, 11) is 0. The Kier molecular flexibility index (Phi) is 2.51. The molecule has 5 nitrogen and oxygen atoms in total. The van der Waals surface area contributed by atoms with Gasteiger partial charge in [-0.1, -0.05) is 6.07 Å². The predicted molar refractivity (Wildman–Crippen MR) is 53.7 cm³/mol. The second-order valence-electron chi connectivity index (χ2n) is 2.98. The minimum absolute atomic E-state index is 0.130. The summed E-state index contributed by atoms with van der Waals surface area (Å²) in [5.74, 6) is -1.25. The number of hydrogen-bond donors (Lipinski definition) is 1. The molecular formula is C9H8N2O3S. The van der Waals surface area contributed by atoms with Crippen LogP contribution in [0.4, 0.5) is 0 Å². The van der Waals surface area contributed by atoms with Crippen LogP contribution in [0.25, 0.3) is 10.8 Å². The maximum atomic E-state index is 10.7. The van der Waals surface area contributed by atoms with Gasteiger partial charge in [0.05, 0.1) is 4.88 Å². The Hall–Kier alpha value is -1.69. The van der Waals surface area contributed by atoms with Crippen molar-refractivity contribution in [2.45, 2.75) is 12.8 Å². The van der Waals surface area contributed by atoms with E-state index in [-0.39, 0.29) is 5.89 Å². The van der Waals surface area contributed by atoms with E-state index in [1.165, 1.54) is 18.3 Å². The number of aromatic nitrogens is 2. The van der Waals surface area contributed by atoms with Gasteiger partial charge in [0.15, 0.2) is 0 Å². The van der Waals surface area contributed by atoms with Crippen LogP contribution in [-0.4, -0.2) is 21.3 Å². The zero-order valence-corrected chi connectivity index (χ0v) is 8.69. The second kappa shape index (κ2) is 3.82. The molecule has 1 unspecified atom stereocenters. The average molecular weight is 224 g/mol. The summed E-state index contributed by atoms with van der Waals surface area (Å²) in [4.78, 5) is 11.5. The maximum Gasteiger partial charge on any atom is 0.315 e. The quantitative estimate of drug-likeness (QED) is 0.862. The van der Waals surface area contributed by atoms with Gasteiger partial charge in [0.25, 0.3) is 5.89 Å². The molecule has 1 atom stereocenters. The van der Waals surface area contributed by atoms with Gasteiger partial charge >= 0.3 is 5.97 Å². The number of carboxylic acids is 1. The van der Waals surface area contributed by atoms with E-state index in [0.29, 0.717) is 5.89 Å². The Bertz CT molecular complexity index is 463. The highest BCUT2D eigenvalue weighted by Gasteiger charge is 2.21. The molecule has 0 aliphatic rings. The van der Waals surface area contributed by atoms with Gasteiger partial charge in [0.1, 0.15) is 5.92 Å². The zero-order valence-electron chi connectivity index (χ0n) is 7.88. The van der Waals surface area contributed by atoms with Gasteiger partial charge < -0.3 is 9.52 Å². The Balaban J connectivity index is 2.28. The number of rotatable bonds is 3. The molecule has 1 N–H and O–H groups in total. The molecule has 0 aliphatic carbocycles. The van der Waals surface area contributed by atoms with E-state index < -0.39 is 11.9 Å². The van der Waals surface area contributed by atoms with Crippen LogP contribution in [0.1, 0.15) is 18.7 Å². The van der Waals surface area contributed by atoms with Crippen molar-refractivity contribution in [3.8, 4) is 10.8 Å². The summed E-state index contributed by atoms with van der Waals surface area (Å²) in [6.07, 6.45) is 0. The molecule has 0 bridgehead atoms. The molecule has 2 aromatic heterocycles. The third kappa shape index (κ3) is 1.89. The molecule has 0 aromatic carbocycles. The standard InChI is InChI=1S/C9H8N2O3S/c1-5(9(12)13)7-10-11-8(14-7)6-3-2-4-15-6/h2-5H,1H3,(H,12,13). The maximum absolute atomic E-state index is 10.7. The topological polar surface area (TPSA) is 76.2 Å². The summed E-state index contributed by atoms with van der Waals surface area (Å²) in [6, 6.07) is 3.71. The van der Waals surface area contributed by atoms with Gasteiger partial charge in [0, 0.05) is 0 Å². The normalized spacial score (nSPS) is 12.6. The van der Waals surface area contributed by atoms with Crippen LogP contribution < -0.4 is 0 Å². The van der Waals surface area contributed by atoms with Gasteiger partial charge in [-0.15, -0.1) is 21.5 Å². The summed E-state index contributed by atoms with van der Waals surface area (Å²) in [5.41, 5.74) is 0. The van der Waals surface area contributed by atoms with Crippen molar-refractivity contribution >= 4 is 17.3 Å². The minimum Gasteiger partial charge on any atom is -0.481 e. The Morgan fingerprint density at radius 3 is 3.00 bits per heavy atom. The van der Waals surface area contributed by atoms with Crippen molar-refractivity contribution < 1.29 is 14.3 Å². The van der Waals surface area contributed by atoms with Gasteiger partial charge in [-0.05, 0) is 18.4 Å². The molecule has 0 saturated heterocycles. The number of hydrogen-bond acceptors (Lipinski definition) is 5. The van der Waals surface area contributed by atoms with Gasteiger partial charge in [-0.25, -0.2) is 0 Å². The number of aliphatic carboxylic acids is 1. The van der Waals surface area contributed by atoms with Crippen molar-refractivity contribution in [2.75, 3.05) is 0 Å². The zero-order chi connectivity index (χ0) is 10.8. The Morgan fingerprint density at radius 1 is 1.60 bits per heavy atom. The smallest absolute Gasteiger partial charge is 0.315 e. The van der Waals surface area contributed by atoms with Crippen molar-refractivity contribution in [3.05, 3.63) is 23.4 Å². The van der Waals surface area contributed by atoms with Crippen LogP contribution in [0, 0.1) is 0 Å². The molecule has 0 radical (unpaired) electrons. The lowest BCUT2D eigenvalue weighted by Crippen LogP contribution is -2.07. The molecule has 2 rings (SSSR count). The fourth-order valence-electron chi connectivity index (χ4n) is 1.02. The van der Waals surface area contributed by atoms with Crippen LogP contribution in [0.5, 0.6) is 0 Å². The van der Waals surface area contributed by atoms with E-state index in [2.05, 4.69) is 10.2 Å². The molecule has 2 heterocycles. The highest BCUT2D eigenvalue weighted by Crippen LogP contribution is 2.25. The minimum atomic E-state index is -0.976. The molecule has 0 saturated carbocycles. The number of carbonyl (C=O) groups is 1. The molecule has 0 spiro atoms. The number of carboxylic acid groups (broad SMARTS) is 1. The fraction of sp³-hybridized carbons (Fsp3) is 0.222. The van der Waals surface area contributed by atoms with E-state index >= 15 is 0 Å². The van der Waals surface area contributed by atoms with Gasteiger partial charge in [0.2, 0.25) is 5.89 Å². The molecule has 15 heavy (non-hydrogen) atoms. The Morgan fingerprint density at radius 2 is 2.40 bits per heavy atom. The average Bonchev–Trinajstić information content (AvgIpc) is 2.86. The van der Waals surface area contributed by atoms with E-state index in [1.807, 2.05) is 17.5 Å². The molecule has 0 fully saturated rings. The van der Waals surface area contributed by atoms with Crippen molar-refractivity contribution in [1.82, 2.24) is 10.2 Å². The first-order chi connectivity index (χ1) is 7.18. The number of thiophene rings is 1. The molecular weight excluding hydrogens is 216 g/mol. The van der Waals surface area contributed by atoms with Crippen LogP contribution in [0.2, 0.25) is 0 Å². The van der Waals surface area contributed by atoms with Crippen LogP contribution in [0.15, 0.2) is 21.9 Å². The first-order valence-electron chi connectivity index (χ1n) is 4.28. The predicted octanol–water partition coefficient (Wildman–Crippen LogP) is 1.99. The molecule has 0 amide bonds. The van der Waals surface area contributed by atoms with Crippen LogP contribution in [0.3, 0.4) is 0 Å². The van der Waals surface area contributed by atoms with E-state index in [4.69, 9.17) is 9.52 Å². The number of nitrogens with zero attached hydrogens (tertiary/aromatic N) is 2. The largest absolute Gasteiger partial charge is 0.481 e. The summed E-state index contributed by atoms with van der Waals surface area (Å²) < 4.78 is 5.26. The lowest BCUT2D eigenvalue weighted by molar-refractivity contribution is -0.138. The first-order valence-corrected chi connectivity index (χ1v) is 5.16. The first kappa shape index (κ1) is 9.85. The van der Waals surface area contributed by atoms with Crippen LogP contribution in [-0.2, 0) is 4.79 Å². The van der Waals surface area contributed by atoms with E-state index in [0.717, 1.165) is 4.88 Å². The SMILES string of the molecule is CC(C(=O)O)c1nnc(-c2cccs2)o1. The van der Waals surface area contributed by atoms with Crippen molar-refractivity contribution in [1.29, 1.82) is 0 Å². The third-order valence-electron chi connectivity index (χ3n) is 1.91. The highest BCUT2D eigenvalue weighted by atomic mass is 32.1. The van der Waals surface area contributed by atoms with E-state index in [1.54, 1.807) is 0 Å². The van der Waals surface area contributed by atoms with Crippen molar-refractivity contribution in [2.24, 2.45) is 0 Å². The van der Waals surface area contributed by atoms with Gasteiger partial charge in [-0.3, -0.25) is 4.79 Å². The van der Waals surface area contributed by atoms with Crippen LogP contribution >= 0.6 is 11.3 Å². The Labute approximate surface area is 89.4 Å². The third-order valence-corrected chi connectivity index (χ3v) is 2.77. The highest BCUT2D eigenvalue weighted by molar-refractivity contribution is 7.13. The second-order valence-corrected chi connectivity index (χ2v) is 3.93. The van der Waals surface area contributed by atoms with Crippen molar-refractivity contribution in [3.63, 3.8) is 0 Å². The molecule has 0 aliphatic heterocycles. The fourth-order valence-corrected chi connectivity index (χ4v) is 1.66. The van der Waals surface area contributed by atoms with Gasteiger partial charge in [-0.2, -0.15) is 0 Å².